The van der Waals surface area contributed by atoms with Gasteiger partial charge in [0.1, 0.15) is 11.4 Å². The standard InChI is InChI=1S/C12H11NO6/c14-11(15)10-12(16)5-1-2-6-7(13(17)18)3-4-8(19-10)9(6)12/h3-4,10,16H,1-2,5H2,(H,14,15)/t10-,12-/m1/s1. The first-order chi connectivity index (χ1) is 8.95. The molecule has 0 spiro atoms. The number of nitrogens with zero attached hydrogens (tertiary/aromatic N) is 1. The third-order valence-electron chi connectivity index (χ3n) is 3.77. The monoisotopic (exact) mass is 265 g/mol. The minimum absolute atomic E-state index is 0.0912. The maximum absolute atomic E-state index is 11.2. The SMILES string of the molecule is O=C(O)[C@H]1Oc2ccc([N+](=O)[O-])c3c2[C@]1(O)CCC3. The summed E-state index contributed by atoms with van der Waals surface area (Å²) in [5.74, 6) is -1.04. The summed E-state index contributed by atoms with van der Waals surface area (Å²) in [4.78, 5) is 21.7. The van der Waals surface area contributed by atoms with Gasteiger partial charge >= 0.3 is 5.97 Å². The van der Waals surface area contributed by atoms with Gasteiger partial charge < -0.3 is 14.9 Å². The minimum atomic E-state index is -1.67. The quantitative estimate of drug-likeness (QED) is 0.608. The summed E-state index contributed by atoms with van der Waals surface area (Å²) in [5.41, 5.74) is -1.09. The summed E-state index contributed by atoms with van der Waals surface area (Å²) in [5, 5.41) is 30.7. The summed E-state index contributed by atoms with van der Waals surface area (Å²) in [7, 11) is 0. The molecule has 0 radical (unpaired) electrons. The van der Waals surface area contributed by atoms with Crippen molar-refractivity contribution >= 4 is 11.7 Å². The highest BCUT2D eigenvalue weighted by molar-refractivity contribution is 5.78. The molecule has 1 aliphatic carbocycles. The van der Waals surface area contributed by atoms with Crippen molar-refractivity contribution in [3.63, 3.8) is 0 Å². The number of aliphatic hydroxyl groups is 1. The summed E-state index contributed by atoms with van der Waals surface area (Å²) in [6.07, 6.45) is -0.243. The number of ether oxygens (including phenoxy) is 1. The molecule has 3 rings (SSSR count). The van der Waals surface area contributed by atoms with E-state index in [-0.39, 0.29) is 23.4 Å². The molecular weight excluding hydrogens is 254 g/mol. The fourth-order valence-electron chi connectivity index (χ4n) is 3.01. The first kappa shape index (κ1) is 11.9. The number of benzene rings is 1. The molecule has 0 saturated carbocycles. The van der Waals surface area contributed by atoms with Crippen LogP contribution in [-0.2, 0) is 16.8 Å². The van der Waals surface area contributed by atoms with Crippen LogP contribution in [0.1, 0.15) is 24.0 Å². The molecule has 0 bridgehead atoms. The van der Waals surface area contributed by atoms with E-state index in [1.807, 2.05) is 0 Å². The van der Waals surface area contributed by atoms with Crippen molar-refractivity contribution < 1.29 is 24.7 Å². The fraction of sp³-hybridized carbons (Fsp3) is 0.417. The predicted octanol–water partition coefficient (Wildman–Crippen LogP) is 0.964. The molecule has 2 aliphatic rings. The van der Waals surface area contributed by atoms with E-state index in [9.17, 15) is 20.0 Å². The first-order valence-electron chi connectivity index (χ1n) is 5.88. The predicted molar refractivity (Wildman–Crippen MR) is 62.0 cm³/mol. The van der Waals surface area contributed by atoms with Crippen LogP contribution < -0.4 is 4.74 Å². The Morgan fingerprint density at radius 3 is 2.89 bits per heavy atom. The summed E-state index contributed by atoms with van der Waals surface area (Å²) < 4.78 is 5.26. The molecule has 0 aromatic heterocycles. The second-order valence-electron chi connectivity index (χ2n) is 4.81. The molecule has 0 saturated heterocycles. The van der Waals surface area contributed by atoms with Gasteiger partial charge in [-0.2, -0.15) is 0 Å². The molecule has 1 aromatic rings. The lowest BCUT2D eigenvalue weighted by atomic mass is 9.76. The fourth-order valence-corrected chi connectivity index (χ4v) is 3.01. The Kier molecular flexibility index (Phi) is 2.30. The average Bonchev–Trinajstić information content (AvgIpc) is 2.64. The summed E-state index contributed by atoms with van der Waals surface area (Å²) in [6.45, 7) is 0. The first-order valence-corrected chi connectivity index (χ1v) is 5.88. The number of aliphatic carboxylic acids is 1. The summed E-state index contributed by atoms with van der Waals surface area (Å²) >= 11 is 0. The van der Waals surface area contributed by atoms with Gasteiger partial charge in [-0.05, 0) is 25.3 Å². The van der Waals surface area contributed by atoms with Gasteiger partial charge in [-0.3, -0.25) is 10.1 Å². The second kappa shape index (κ2) is 3.67. The zero-order chi connectivity index (χ0) is 13.8. The molecule has 7 nitrogen and oxygen atoms in total. The van der Waals surface area contributed by atoms with Crippen LogP contribution in [-0.4, -0.2) is 27.2 Å². The lowest BCUT2D eigenvalue weighted by molar-refractivity contribution is -0.385. The van der Waals surface area contributed by atoms with Crippen molar-refractivity contribution in [1.29, 1.82) is 0 Å². The number of carboxylic acids is 1. The van der Waals surface area contributed by atoms with Gasteiger partial charge in [-0.15, -0.1) is 0 Å². The average molecular weight is 265 g/mol. The van der Waals surface area contributed by atoms with Gasteiger partial charge in [0, 0.05) is 17.2 Å². The van der Waals surface area contributed by atoms with Crippen molar-refractivity contribution in [3.05, 3.63) is 33.4 Å². The van der Waals surface area contributed by atoms with E-state index in [2.05, 4.69) is 0 Å². The zero-order valence-corrected chi connectivity index (χ0v) is 9.83. The number of hydrogen-bond donors (Lipinski definition) is 2. The molecule has 1 heterocycles. The topological polar surface area (TPSA) is 110 Å². The third kappa shape index (κ3) is 1.45. The van der Waals surface area contributed by atoms with Crippen LogP contribution in [0.2, 0.25) is 0 Å². The van der Waals surface area contributed by atoms with Crippen LogP contribution in [0, 0.1) is 10.1 Å². The van der Waals surface area contributed by atoms with E-state index < -0.39 is 22.6 Å². The maximum Gasteiger partial charge on any atom is 0.348 e. The summed E-state index contributed by atoms with van der Waals surface area (Å²) in [6, 6.07) is 2.65. The van der Waals surface area contributed by atoms with Crippen LogP contribution in [0.25, 0.3) is 0 Å². The molecule has 1 aromatic carbocycles. The number of nitro benzene ring substituents is 1. The van der Waals surface area contributed by atoms with E-state index in [0.29, 0.717) is 18.4 Å². The van der Waals surface area contributed by atoms with Crippen LogP contribution >= 0.6 is 0 Å². The van der Waals surface area contributed by atoms with Gasteiger partial charge in [0.15, 0.2) is 0 Å². The van der Waals surface area contributed by atoms with E-state index in [4.69, 9.17) is 9.84 Å². The number of rotatable bonds is 2. The van der Waals surface area contributed by atoms with Gasteiger partial charge in [0.05, 0.1) is 4.92 Å². The van der Waals surface area contributed by atoms with E-state index in [0.717, 1.165) is 0 Å². The molecular formula is C12H11NO6. The van der Waals surface area contributed by atoms with Crippen molar-refractivity contribution in [3.8, 4) is 5.75 Å². The van der Waals surface area contributed by atoms with Crippen LogP contribution in [0.4, 0.5) is 5.69 Å². The highest BCUT2D eigenvalue weighted by Crippen LogP contribution is 2.51. The van der Waals surface area contributed by atoms with Crippen molar-refractivity contribution in [2.24, 2.45) is 0 Å². The Morgan fingerprint density at radius 2 is 2.26 bits per heavy atom. The van der Waals surface area contributed by atoms with E-state index in [1.54, 1.807) is 0 Å². The van der Waals surface area contributed by atoms with Crippen LogP contribution in [0.3, 0.4) is 0 Å². The Labute approximate surface area is 107 Å². The molecule has 0 fully saturated rings. The van der Waals surface area contributed by atoms with Gasteiger partial charge in [0.2, 0.25) is 6.10 Å². The lowest BCUT2D eigenvalue weighted by Gasteiger charge is -2.30. The molecule has 2 atom stereocenters. The van der Waals surface area contributed by atoms with Gasteiger partial charge in [-0.25, -0.2) is 4.79 Å². The Morgan fingerprint density at radius 1 is 1.53 bits per heavy atom. The molecule has 2 N–H and O–H groups in total. The van der Waals surface area contributed by atoms with E-state index in [1.165, 1.54) is 12.1 Å². The molecule has 7 heteroatoms. The number of nitro groups is 1. The Bertz CT molecular complexity index is 598. The lowest BCUT2D eigenvalue weighted by Crippen LogP contribution is -2.45. The zero-order valence-electron chi connectivity index (χ0n) is 9.83. The number of carboxylic acid groups (broad SMARTS) is 1. The van der Waals surface area contributed by atoms with Gasteiger partial charge in [0.25, 0.3) is 5.69 Å². The number of hydrogen-bond acceptors (Lipinski definition) is 5. The van der Waals surface area contributed by atoms with Crippen molar-refractivity contribution in [2.75, 3.05) is 0 Å². The highest BCUT2D eigenvalue weighted by atomic mass is 16.6. The largest absolute Gasteiger partial charge is 0.478 e. The third-order valence-corrected chi connectivity index (χ3v) is 3.77. The van der Waals surface area contributed by atoms with E-state index >= 15 is 0 Å². The second-order valence-corrected chi connectivity index (χ2v) is 4.81. The Hall–Kier alpha value is -2.15. The molecule has 0 amide bonds. The highest BCUT2D eigenvalue weighted by Gasteiger charge is 2.55. The molecule has 19 heavy (non-hydrogen) atoms. The Balaban J connectivity index is 2.25. The smallest absolute Gasteiger partial charge is 0.348 e. The maximum atomic E-state index is 11.2. The van der Waals surface area contributed by atoms with Gasteiger partial charge in [-0.1, -0.05) is 0 Å². The van der Waals surface area contributed by atoms with Crippen molar-refractivity contribution in [2.45, 2.75) is 31.0 Å². The van der Waals surface area contributed by atoms with Crippen molar-refractivity contribution in [1.82, 2.24) is 0 Å². The molecule has 100 valence electrons. The molecule has 1 aliphatic heterocycles. The number of carbonyl (C=O) groups is 1. The molecule has 0 unspecified atom stereocenters. The normalized spacial score (nSPS) is 27.5. The van der Waals surface area contributed by atoms with Crippen LogP contribution in [0.15, 0.2) is 12.1 Å². The minimum Gasteiger partial charge on any atom is -0.478 e. The van der Waals surface area contributed by atoms with Crippen LogP contribution in [0.5, 0.6) is 5.75 Å².